The van der Waals surface area contributed by atoms with Gasteiger partial charge in [-0.1, -0.05) is 26.2 Å². The molecule has 1 aliphatic carbocycles. The molecule has 3 nitrogen and oxygen atoms in total. The van der Waals surface area contributed by atoms with E-state index in [2.05, 4.69) is 23.2 Å². The molecular formula is C15H27N3. The molecule has 1 saturated heterocycles. The fourth-order valence-electron chi connectivity index (χ4n) is 3.58. The van der Waals surface area contributed by atoms with Crippen LogP contribution in [0.5, 0.6) is 0 Å². The van der Waals surface area contributed by atoms with Gasteiger partial charge in [0.25, 0.3) is 0 Å². The van der Waals surface area contributed by atoms with E-state index in [1.54, 1.807) is 0 Å². The van der Waals surface area contributed by atoms with Gasteiger partial charge in [-0.2, -0.15) is 5.26 Å². The van der Waals surface area contributed by atoms with Gasteiger partial charge in [0.2, 0.25) is 0 Å². The minimum atomic E-state index is -0.157. The van der Waals surface area contributed by atoms with E-state index >= 15 is 0 Å². The molecule has 3 heteroatoms. The molecule has 0 aromatic carbocycles. The van der Waals surface area contributed by atoms with E-state index in [-0.39, 0.29) is 5.54 Å². The van der Waals surface area contributed by atoms with Crippen LogP contribution in [-0.4, -0.2) is 36.6 Å². The van der Waals surface area contributed by atoms with Crippen molar-refractivity contribution in [2.24, 2.45) is 5.92 Å². The molecule has 1 saturated carbocycles. The van der Waals surface area contributed by atoms with Gasteiger partial charge in [0, 0.05) is 19.6 Å². The van der Waals surface area contributed by atoms with Gasteiger partial charge < -0.3 is 5.32 Å². The summed E-state index contributed by atoms with van der Waals surface area (Å²) in [5, 5.41) is 13.2. The first-order chi connectivity index (χ1) is 8.80. The third-order valence-corrected chi connectivity index (χ3v) is 4.90. The topological polar surface area (TPSA) is 39.1 Å². The molecule has 2 aliphatic rings. The Morgan fingerprint density at radius 2 is 2.11 bits per heavy atom. The zero-order valence-corrected chi connectivity index (χ0v) is 11.7. The molecule has 2 unspecified atom stereocenters. The maximum Gasteiger partial charge on any atom is 0.109 e. The zero-order chi connectivity index (χ0) is 12.8. The highest BCUT2D eigenvalue weighted by molar-refractivity contribution is 5.09. The van der Waals surface area contributed by atoms with Crippen LogP contribution >= 0.6 is 0 Å². The lowest BCUT2D eigenvalue weighted by atomic mass is 9.88. The van der Waals surface area contributed by atoms with Gasteiger partial charge in [-0.05, 0) is 38.1 Å². The third kappa shape index (κ3) is 3.05. The van der Waals surface area contributed by atoms with Crippen molar-refractivity contribution < 1.29 is 0 Å². The standard InChI is InChI=1S/C15H27N3/c1-2-14-5-3-7-15(13-16,8-6-14)18-11-4-9-17-10-12-18/h14,17H,2-12H2,1H3. The summed E-state index contributed by atoms with van der Waals surface area (Å²) in [5.41, 5.74) is -0.157. The van der Waals surface area contributed by atoms with Crippen LogP contribution in [0.1, 0.15) is 51.9 Å². The summed E-state index contributed by atoms with van der Waals surface area (Å²) in [7, 11) is 0. The van der Waals surface area contributed by atoms with E-state index in [1.807, 2.05) is 0 Å². The van der Waals surface area contributed by atoms with Crippen molar-refractivity contribution in [3.8, 4) is 6.07 Å². The van der Waals surface area contributed by atoms with E-state index in [9.17, 15) is 5.26 Å². The molecule has 0 amide bonds. The van der Waals surface area contributed by atoms with Crippen molar-refractivity contribution in [2.45, 2.75) is 57.4 Å². The molecule has 2 rings (SSSR count). The molecule has 0 aromatic heterocycles. The number of nitrogens with zero attached hydrogens (tertiary/aromatic N) is 2. The minimum absolute atomic E-state index is 0.157. The van der Waals surface area contributed by atoms with E-state index in [0.29, 0.717) is 0 Å². The third-order valence-electron chi connectivity index (χ3n) is 4.90. The highest BCUT2D eigenvalue weighted by atomic mass is 15.2. The van der Waals surface area contributed by atoms with Crippen molar-refractivity contribution in [1.29, 1.82) is 5.26 Å². The summed E-state index contributed by atoms with van der Waals surface area (Å²) in [5.74, 6) is 0.852. The molecule has 0 bridgehead atoms. The Balaban J connectivity index is 2.06. The van der Waals surface area contributed by atoms with Crippen LogP contribution in [-0.2, 0) is 0 Å². The van der Waals surface area contributed by atoms with Gasteiger partial charge in [-0.25, -0.2) is 0 Å². The summed E-state index contributed by atoms with van der Waals surface area (Å²) < 4.78 is 0. The van der Waals surface area contributed by atoms with E-state index in [4.69, 9.17) is 0 Å². The number of hydrogen-bond donors (Lipinski definition) is 1. The van der Waals surface area contributed by atoms with Crippen molar-refractivity contribution in [1.82, 2.24) is 10.2 Å². The predicted octanol–water partition coefficient (Wildman–Crippen LogP) is 2.53. The summed E-state index contributed by atoms with van der Waals surface area (Å²) in [4.78, 5) is 2.48. The van der Waals surface area contributed by atoms with Crippen LogP contribution in [0.3, 0.4) is 0 Å². The number of rotatable bonds is 2. The van der Waals surface area contributed by atoms with Gasteiger partial charge >= 0.3 is 0 Å². The maximum atomic E-state index is 9.76. The molecule has 0 radical (unpaired) electrons. The Kier molecular flexibility index (Phi) is 5.03. The van der Waals surface area contributed by atoms with Crippen LogP contribution in [0.25, 0.3) is 0 Å². The average Bonchev–Trinajstić information content (AvgIpc) is 2.79. The van der Waals surface area contributed by atoms with Gasteiger partial charge in [-0.15, -0.1) is 0 Å². The van der Waals surface area contributed by atoms with Gasteiger partial charge in [0.05, 0.1) is 6.07 Å². The predicted molar refractivity (Wildman–Crippen MR) is 74.3 cm³/mol. The van der Waals surface area contributed by atoms with Gasteiger partial charge in [-0.3, -0.25) is 4.90 Å². The Morgan fingerprint density at radius 3 is 2.89 bits per heavy atom. The zero-order valence-electron chi connectivity index (χ0n) is 11.7. The summed E-state index contributed by atoms with van der Waals surface area (Å²) in [6.45, 7) is 6.58. The van der Waals surface area contributed by atoms with Gasteiger partial charge in [0.15, 0.2) is 0 Å². The van der Waals surface area contributed by atoms with E-state index < -0.39 is 0 Å². The Bertz CT molecular complexity index is 289. The Morgan fingerprint density at radius 1 is 1.22 bits per heavy atom. The molecule has 0 aromatic rings. The second-order valence-corrected chi connectivity index (χ2v) is 5.94. The normalized spacial score (nSPS) is 35.4. The first-order valence-corrected chi connectivity index (χ1v) is 7.68. The fraction of sp³-hybridized carbons (Fsp3) is 0.933. The van der Waals surface area contributed by atoms with Crippen LogP contribution in [0.15, 0.2) is 0 Å². The average molecular weight is 249 g/mol. The Hall–Kier alpha value is -0.590. The first kappa shape index (κ1) is 13.8. The smallest absolute Gasteiger partial charge is 0.109 e. The van der Waals surface area contributed by atoms with E-state index in [1.165, 1.54) is 32.1 Å². The number of hydrogen-bond acceptors (Lipinski definition) is 3. The SMILES string of the molecule is CCC1CCCC(C#N)(N2CCCNCC2)CC1. The molecule has 1 heterocycles. The van der Waals surface area contributed by atoms with Crippen molar-refractivity contribution in [3.63, 3.8) is 0 Å². The minimum Gasteiger partial charge on any atom is -0.315 e. The molecule has 102 valence electrons. The highest BCUT2D eigenvalue weighted by Gasteiger charge is 2.38. The van der Waals surface area contributed by atoms with Crippen molar-refractivity contribution >= 4 is 0 Å². The number of nitriles is 1. The molecular weight excluding hydrogens is 222 g/mol. The lowest BCUT2D eigenvalue weighted by molar-refractivity contribution is 0.127. The van der Waals surface area contributed by atoms with Crippen LogP contribution in [0.4, 0.5) is 0 Å². The largest absolute Gasteiger partial charge is 0.315 e. The van der Waals surface area contributed by atoms with Crippen LogP contribution < -0.4 is 5.32 Å². The van der Waals surface area contributed by atoms with E-state index in [0.717, 1.165) is 44.9 Å². The molecule has 2 atom stereocenters. The fourth-order valence-corrected chi connectivity index (χ4v) is 3.58. The first-order valence-electron chi connectivity index (χ1n) is 7.68. The lowest BCUT2D eigenvalue weighted by Crippen LogP contribution is -2.49. The van der Waals surface area contributed by atoms with Gasteiger partial charge in [0.1, 0.15) is 5.54 Å². The maximum absolute atomic E-state index is 9.76. The summed E-state index contributed by atoms with van der Waals surface area (Å²) >= 11 is 0. The Labute approximate surface area is 112 Å². The lowest BCUT2D eigenvalue weighted by Gasteiger charge is -2.37. The van der Waals surface area contributed by atoms with Crippen LogP contribution in [0.2, 0.25) is 0 Å². The quantitative estimate of drug-likeness (QED) is 0.764. The molecule has 1 N–H and O–H groups in total. The molecule has 0 spiro atoms. The molecule has 1 aliphatic heterocycles. The number of nitrogens with one attached hydrogen (secondary N) is 1. The van der Waals surface area contributed by atoms with Crippen molar-refractivity contribution in [3.05, 3.63) is 0 Å². The second kappa shape index (κ2) is 6.54. The summed E-state index contributed by atoms with van der Waals surface area (Å²) in [6, 6.07) is 2.70. The highest BCUT2D eigenvalue weighted by Crippen LogP contribution is 2.35. The molecule has 18 heavy (non-hydrogen) atoms. The second-order valence-electron chi connectivity index (χ2n) is 5.94. The molecule has 2 fully saturated rings. The summed E-state index contributed by atoms with van der Waals surface area (Å²) in [6.07, 6.45) is 8.43. The van der Waals surface area contributed by atoms with Crippen LogP contribution in [0, 0.1) is 17.2 Å². The van der Waals surface area contributed by atoms with Crippen molar-refractivity contribution in [2.75, 3.05) is 26.2 Å². The monoisotopic (exact) mass is 249 g/mol.